The van der Waals surface area contributed by atoms with Crippen molar-refractivity contribution in [2.75, 3.05) is 13.2 Å². The molecule has 1 aliphatic rings. The number of halogens is 2. The molecule has 1 unspecified atom stereocenters. The van der Waals surface area contributed by atoms with Crippen LogP contribution in [0, 0.1) is 11.6 Å². The topological polar surface area (TPSA) is 49.5 Å². The number of oxazole rings is 1. The molecule has 1 atom stereocenters. The summed E-state index contributed by atoms with van der Waals surface area (Å²) in [5.41, 5.74) is 3.00. The first-order valence-electron chi connectivity index (χ1n) is 9.49. The predicted octanol–water partition coefficient (Wildman–Crippen LogP) is 4.49. The smallest absolute Gasteiger partial charge is 0.232 e. The van der Waals surface area contributed by atoms with E-state index in [2.05, 4.69) is 22.0 Å². The van der Waals surface area contributed by atoms with Crippen LogP contribution in [0.4, 0.5) is 8.78 Å². The Balaban J connectivity index is 1.58. The quantitative estimate of drug-likeness (QED) is 0.652. The molecule has 0 saturated heterocycles. The van der Waals surface area contributed by atoms with Gasteiger partial charge in [-0.3, -0.25) is 4.90 Å². The van der Waals surface area contributed by atoms with Crippen molar-refractivity contribution >= 4 is 0 Å². The van der Waals surface area contributed by atoms with Crippen molar-refractivity contribution in [1.29, 1.82) is 0 Å². The van der Waals surface area contributed by atoms with Gasteiger partial charge >= 0.3 is 0 Å². The maximum Gasteiger partial charge on any atom is 0.232 e. The molecule has 1 heterocycles. The Labute approximate surface area is 162 Å². The molecule has 1 N–H and O–H groups in total. The zero-order valence-corrected chi connectivity index (χ0v) is 15.4. The third-order valence-corrected chi connectivity index (χ3v) is 5.24. The molecule has 0 amide bonds. The number of benzene rings is 2. The van der Waals surface area contributed by atoms with E-state index in [9.17, 15) is 13.9 Å². The molecule has 28 heavy (non-hydrogen) atoms. The number of aromatic nitrogens is 1. The van der Waals surface area contributed by atoms with Gasteiger partial charge in [-0.15, -0.1) is 0 Å². The summed E-state index contributed by atoms with van der Waals surface area (Å²) in [4.78, 5) is 6.58. The molecule has 6 heteroatoms. The standard InChI is InChI=1S/C22H22F2N2O2/c23-18-7-3-8-19(24)21(18)22-25-16(14-28-22)13-26(11-4-12-27)20-10-9-15-5-1-2-6-17(15)20/h1-3,5-8,14,20,27H,4,9-13H2. The molecule has 0 saturated carbocycles. The normalized spacial score (nSPS) is 15.9. The van der Waals surface area contributed by atoms with E-state index in [1.807, 2.05) is 12.1 Å². The molecule has 146 valence electrons. The summed E-state index contributed by atoms with van der Waals surface area (Å²) in [5, 5.41) is 9.29. The van der Waals surface area contributed by atoms with E-state index in [1.165, 1.54) is 35.6 Å². The van der Waals surface area contributed by atoms with Crippen molar-refractivity contribution in [2.24, 2.45) is 0 Å². The van der Waals surface area contributed by atoms with Crippen LogP contribution in [0.3, 0.4) is 0 Å². The molecule has 0 spiro atoms. The van der Waals surface area contributed by atoms with Crippen LogP contribution in [0.15, 0.2) is 53.1 Å². The van der Waals surface area contributed by atoms with Crippen LogP contribution in [-0.2, 0) is 13.0 Å². The number of hydrogen-bond donors (Lipinski definition) is 1. The van der Waals surface area contributed by atoms with Crippen LogP contribution in [0.1, 0.15) is 35.7 Å². The van der Waals surface area contributed by atoms with Crippen molar-refractivity contribution < 1.29 is 18.3 Å². The minimum Gasteiger partial charge on any atom is -0.444 e. The van der Waals surface area contributed by atoms with Gasteiger partial charge in [-0.2, -0.15) is 0 Å². The highest BCUT2D eigenvalue weighted by Crippen LogP contribution is 2.36. The minimum absolute atomic E-state index is 0.0560. The van der Waals surface area contributed by atoms with Crippen LogP contribution in [0.5, 0.6) is 0 Å². The first kappa shape index (κ1) is 18.8. The van der Waals surface area contributed by atoms with Crippen LogP contribution in [-0.4, -0.2) is 28.1 Å². The van der Waals surface area contributed by atoms with Gasteiger partial charge < -0.3 is 9.52 Å². The lowest BCUT2D eigenvalue weighted by Crippen LogP contribution is -2.29. The van der Waals surface area contributed by atoms with Gasteiger partial charge in [0.1, 0.15) is 23.5 Å². The summed E-state index contributed by atoms with van der Waals surface area (Å²) >= 11 is 0. The summed E-state index contributed by atoms with van der Waals surface area (Å²) in [5.74, 6) is -1.45. The zero-order valence-electron chi connectivity index (χ0n) is 15.4. The molecule has 0 aliphatic heterocycles. The molecule has 0 fully saturated rings. The average Bonchev–Trinajstić information content (AvgIpc) is 3.32. The van der Waals surface area contributed by atoms with Gasteiger partial charge in [0.15, 0.2) is 0 Å². The van der Waals surface area contributed by atoms with E-state index >= 15 is 0 Å². The Kier molecular flexibility index (Phi) is 5.50. The molecule has 4 rings (SSSR count). The van der Waals surface area contributed by atoms with Gasteiger partial charge in [0.25, 0.3) is 0 Å². The van der Waals surface area contributed by atoms with Crippen molar-refractivity contribution in [2.45, 2.75) is 31.8 Å². The zero-order chi connectivity index (χ0) is 19.5. The number of aliphatic hydroxyl groups is 1. The fourth-order valence-corrected chi connectivity index (χ4v) is 3.94. The SMILES string of the molecule is OCCCN(Cc1coc(-c2c(F)cccc2F)n1)C1CCc2ccccc21. The first-order valence-corrected chi connectivity index (χ1v) is 9.49. The van der Waals surface area contributed by atoms with E-state index in [4.69, 9.17) is 4.42 Å². The minimum atomic E-state index is -0.699. The highest BCUT2D eigenvalue weighted by Gasteiger charge is 2.28. The highest BCUT2D eigenvalue weighted by molar-refractivity contribution is 5.55. The van der Waals surface area contributed by atoms with Gasteiger partial charge in [0.05, 0.1) is 5.69 Å². The third kappa shape index (κ3) is 3.70. The Hall–Kier alpha value is -2.57. The van der Waals surface area contributed by atoms with Crippen molar-refractivity contribution in [3.05, 3.63) is 77.2 Å². The van der Waals surface area contributed by atoms with E-state index in [0.717, 1.165) is 12.8 Å². The fraction of sp³-hybridized carbons (Fsp3) is 0.318. The second-order valence-electron chi connectivity index (χ2n) is 7.04. The number of rotatable bonds is 7. The van der Waals surface area contributed by atoms with Crippen LogP contribution >= 0.6 is 0 Å². The largest absolute Gasteiger partial charge is 0.444 e. The van der Waals surface area contributed by atoms with Crippen molar-refractivity contribution in [3.8, 4) is 11.5 Å². The van der Waals surface area contributed by atoms with E-state index in [-0.39, 0.29) is 24.1 Å². The lowest BCUT2D eigenvalue weighted by molar-refractivity contribution is 0.164. The van der Waals surface area contributed by atoms with Gasteiger partial charge in [0, 0.05) is 25.7 Å². The lowest BCUT2D eigenvalue weighted by Gasteiger charge is -2.28. The average molecular weight is 384 g/mol. The van der Waals surface area contributed by atoms with E-state index < -0.39 is 11.6 Å². The van der Waals surface area contributed by atoms with E-state index in [1.54, 1.807) is 0 Å². The fourth-order valence-electron chi connectivity index (χ4n) is 3.94. The predicted molar refractivity (Wildman–Crippen MR) is 101 cm³/mol. The summed E-state index contributed by atoms with van der Waals surface area (Å²) < 4.78 is 33.4. The second-order valence-corrected chi connectivity index (χ2v) is 7.04. The molecule has 3 aromatic rings. The summed E-state index contributed by atoms with van der Waals surface area (Å²) in [6, 6.07) is 12.3. The van der Waals surface area contributed by atoms with Crippen LogP contribution < -0.4 is 0 Å². The van der Waals surface area contributed by atoms with Crippen LogP contribution in [0.2, 0.25) is 0 Å². The summed E-state index contributed by atoms with van der Waals surface area (Å²) in [6.07, 6.45) is 4.11. The molecule has 2 aromatic carbocycles. The Morgan fingerprint density at radius 3 is 2.68 bits per heavy atom. The maximum atomic E-state index is 14.0. The number of aryl methyl sites for hydroxylation is 1. The number of fused-ring (bicyclic) bond motifs is 1. The first-order chi connectivity index (χ1) is 13.7. The summed E-state index contributed by atoms with van der Waals surface area (Å²) in [6.45, 7) is 1.29. The van der Waals surface area contributed by atoms with Crippen LogP contribution in [0.25, 0.3) is 11.5 Å². The Morgan fingerprint density at radius 2 is 1.89 bits per heavy atom. The number of hydrogen-bond acceptors (Lipinski definition) is 4. The monoisotopic (exact) mass is 384 g/mol. The second kappa shape index (κ2) is 8.20. The van der Waals surface area contributed by atoms with Gasteiger partial charge in [-0.1, -0.05) is 30.3 Å². The van der Waals surface area contributed by atoms with E-state index in [0.29, 0.717) is 25.2 Å². The Morgan fingerprint density at radius 1 is 1.11 bits per heavy atom. The lowest BCUT2D eigenvalue weighted by atomic mass is 10.1. The third-order valence-electron chi connectivity index (χ3n) is 5.24. The number of aliphatic hydroxyl groups excluding tert-OH is 1. The Bertz CT molecular complexity index is 937. The molecular formula is C22H22F2N2O2. The summed E-state index contributed by atoms with van der Waals surface area (Å²) in [7, 11) is 0. The molecule has 0 radical (unpaired) electrons. The maximum absolute atomic E-state index is 14.0. The van der Waals surface area contributed by atoms with Gasteiger partial charge in [-0.05, 0) is 42.5 Å². The molecule has 0 bridgehead atoms. The molecular weight excluding hydrogens is 362 g/mol. The van der Waals surface area contributed by atoms with Crippen molar-refractivity contribution in [3.63, 3.8) is 0 Å². The number of nitrogens with zero attached hydrogens (tertiary/aromatic N) is 2. The van der Waals surface area contributed by atoms with Gasteiger partial charge in [0.2, 0.25) is 5.89 Å². The molecule has 1 aromatic heterocycles. The van der Waals surface area contributed by atoms with Crippen molar-refractivity contribution in [1.82, 2.24) is 9.88 Å². The molecule has 4 nitrogen and oxygen atoms in total. The van der Waals surface area contributed by atoms with Gasteiger partial charge in [-0.25, -0.2) is 13.8 Å². The molecule has 1 aliphatic carbocycles. The highest BCUT2D eigenvalue weighted by atomic mass is 19.1.